The van der Waals surface area contributed by atoms with Gasteiger partial charge in [0.2, 0.25) is 5.91 Å². The molecule has 3 nitrogen and oxygen atoms in total. The zero-order chi connectivity index (χ0) is 19.0. The van der Waals surface area contributed by atoms with Crippen LogP contribution in [0.2, 0.25) is 0 Å². The first-order chi connectivity index (χ1) is 13.1. The van der Waals surface area contributed by atoms with E-state index in [0.29, 0.717) is 6.42 Å². The molecule has 1 atom stereocenters. The van der Waals surface area contributed by atoms with Gasteiger partial charge in [0.1, 0.15) is 5.75 Å². The van der Waals surface area contributed by atoms with Gasteiger partial charge in [-0.2, -0.15) is 0 Å². The minimum absolute atomic E-state index is 0.0966. The van der Waals surface area contributed by atoms with Crippen LogP contribution in [0.3, 0.4) is 0 Å². The van der Waals surface area contributed by atoms with Crippen LogP contribution in [-0.2, 0) is 4.79 Å². The molecule has 1 N–H and O–H groups in total. The number of aromatic hydroxyl groups is 1. The molecular formula is C24H23NO2. The average molecular weight is 357 g/mol. The maximum atomic E-state index is 13.0. The number of rotatable bonds is 3. The quantitative estimate of drug-likeness (QED) is 0.657. The number of hydrogen-bond acceptors (Lipinski definition) is 2. The van der Waals surface area contributed by atoms with E-state index in [1.807, 2.05) is 72.5 Å². The Balaban J connectivity index is 1.94. The largest absolute Gasteiger partial charge is 0.507 e. The molecule has 27 heavy (non-hydrogen) atoms. The number of amides is 1. The Labute approximate surface area is 159 Å². The van der Waals surface area contributed by atoms with Gasteiger partial charge in [0.25, 0.3) is 0 Å². The van der Waals surface area contributed by atoms with E-state index >= 15 is 0 Å². The van der Waals surface area contributed by atoms with Crippen LogP contribution in [0.5, 0.6) is 5.75 Å². The summed E-state index contributed by atoms with van der Waals surface area (Å²) in [4.78, 5) is 14.9. The summed E-state index contributed by atoms with van der Waals surface area (Å²) in [5.74, 6) is 0.308. The molecule has 1 amide bonds. The molecular weight excluding hydrogens is 334 g/mol. The van der Waals surface area contributed by atoms with Gasteiger partial charge >= 0.3 is 0 Å². The summed E-state index contributed by atoms with van der Waals surface area (Å²) in [5, 5.41) is 12.8. The normalized spacial score (nSPS) is 16.1. The van der Waals surface area contributed by atoms with Crippen molar-refractivity contribution in [1.82, 2.24) is 4.90 Å². The second-order valence-electron chi connectivity index (χ2n) is 7.16. The van der Waals surface area contributed by atoms with Gasteiger partial charge in [-0.05, 0) is 48.2 Å². The molecule has 0 saturated heterocycles. The van der Waals surface area contributed by atoms with E-state index in [1.165, 1.54) is 0 Å². The van der Waals surface area contributed by atoms with Crippen LogP contribution < -0.4 is 0 Å². The predicted molar refractivity (Wildman–Crippen MR) is 109 cm³/mol. The van der Waals surface area contributed by atoms with Gasteiger partial charge in [-0.1, -0.05) is 60.7 Å². The molecule has 1 heterocycles. The molecule has 0 saturated carbocycles. The molecule has 0 bridgehead atoms. The van der Waals surface area contributed by atoms with Crippen molar-refractivity contribution in [3.05, 3.63) is 83.4 Å². The van der Waals surface area contributed by atoms with E-state index < -0.39 is 0 Å². The molecule has 4 rings (SSSR count). The second-order valence-corrected chi connectivity index (χ2v) is 7.16. The van der Waals surface area contributed by atoms with Crippen molar-refractivity contribution in [2.75, 3.05) is 0 Å². The standard InChI is InChI=1S/C24H23NO2/c1-16-12-15-22(27)25(17(2)18-8-4-3-5-9-18)24(16)23-20-11-7-6-10-19(20)13-14-21(23)26/h3-11,13-14,17,26H,12,15H2,1-2H3/t17-/m0/s1. The van der Waals surface area contributed by atoms with Crippen molar-refractivity contribution >= 4 is 22.4 Å². The molecule has 3 aromatic carbocycles. The summed E-state index contributed by atoms with van der Waals surface area (Å²) in [6.45, 7) is 4.11. The van der Waals surface area contributed by atoms with Gasteiger partial charge in [-0.3, -0.25) is 4.79 Å². The van der Waals surface area contributed by atoms with E-state index in [2.05, 4.69) is 6.92 Å². The summed E-state index contributed by atoms with van der Waals surface area (Å²) in [7, 11) is 0. The Bertz CT molecular complexity index is 1040. The summed E-state index contributed by atoms with van der Waals surface area (Å²) in [5.41, 5.74) is 3.81. The van der Waals surface area contributed by atoms with Crippen molar-refractivity contribution in [3.63, 3.8) is 0 Å². The van der Waals surface area contributed by atoms with Crippen LogP contribution in [0.4, 0.5) is 0 Å². The minimum Gasteiger partial charge on any atom is -0.507 e. The molecule has 0 radical (unpaired) electrons. The molecule has 0 unspecified atom stereocenters. The Kier molecular flexibility index (Phi) is 4.44. The summed E-state index contributed by atoms with van der Waals surface area (Å²) < 4.78 is 0. The molecule has 1 aliphatic heterocycles. The van der Waals surface area contributed by atoms with Crippen LogP contribution in [0.1, 0.15) is 43.9 Å². The molecule has 3 heteroatoms. The maximum absolute atomic E-state index is 13.0. The van der Waals surface area contributed by atoms with Crippen molar-refractivity contribution < 1.29 is 9.90 Å². The van der Waals surface area contributed by atoms with E-state index in [1.54, 1.807) is 6.07 Å². The van der Waals surface area contributed by atoms with Gasteiger partial charge in [-0.25, -0.2) is 0 Å². The predicted octanol–water partition coefficient (Wildman–Crippen LogP) is 5.66. The van der Waals surface area contributed by atoms with Crippen molar-refractivity contribution in [3.8, 4) is 5.75 Å². The lowest BCUT2D eigenvalue weighted by Gasteiger charge is -2.37. The van der Waals surface area contributed by atoms with Gasteiger partial charge < -0.3 is 10.0 Å². The lowest BCUT2D eigenvalue weighted by Crippen LogP contribution is -2.35. The highest BCUT2D eigenvalue weighted by Gasteiger charge is 2.32. The van der Waals surface area contributed by atoms with Gasteiger partial charge in [0, 0.05) is 12.0 Å². The number of carbonyl (C=O) groups is 1. The number of hydrogen-bond donors (Lipinski definition) is 1. The van der Waals surface area contributed by atoms with Crippen LogP contribution in [0.15, 0.2) is 72.3 Å². The van der Waals surface area contributed by atoms with E-state index in [-0.39, 0.29) is 17.7 Å². The number of phenols is 1. The number of fused-ring (bicyclic) bond motifs is 1. The third-order valence-electron chi connectivity index (χ3n) is 5.44. The van der Waals surface area contributed by atoms with Gasteiger partial charge in [0.05, 0.1) is 11.7 Å². The van der Waals surface area contributed by atoms with Crippen LogP contribution in [0.25, 0.3) is 16.5 Å². The van der Waals surface area contributed by atoms with E-state index in [0.717, 1.165) is 39.6 Å². The summed E-state index contributed by atoms with van der Waals surface area (Å²) in [6.07, 6.45) is 1.22. The third-order valence-corrected chi connectivity index (χ3v) is 5.44. The molecule has 1 aliphatic rings. The summed E-state index contributed by atoms with van der Waals surface area (Å²) in [6, 6.07) is 21.6. The van der Waals surface area contributed by atoms with Crippen molar-refractivity contribution in [2.24, 2.45) is 0 Å². The highest BCUT2D eigenvalue weighted by atomic mass is 16.3. The fourth-order valence-corrected chi connectivity index (χ4v) is 4.00. The van der Waals surface area contributed by atoms with Crippen LogP contribution in [-0.4, -0.2) is 15.9 Å². The number of nitrogens with zero attached hydrogens (tertiary/aromatic N) is 1. The second kappa shape index (κ2) is 6.92. The average Bonchev–Trinajstić information content (AvgIpc) is 2.70. The zero-order valence-electron chi connectivity index (χ0n) is 15.6. The van der Waals surface area contributed by atoms with Crippen molar-refractivity contribution in [1.29, 1.82) is 0 Å². The van der Waals surface area contributed by atoms with Gasteiger partial charge in [-0.15, -0.1) is 0 Å². The molecule has 0 aromatic heterocycles. The van der Waals surface area contributed by atoms with E-state index in [4.69, 9.17) is 0 Å². The van der Waals surface area contributed by atoms with Crippen LogP contribution >= 0.6 is 0 Å². The number of benzene rings is 3. The molecule has 0 aliphatic carbocycles. The monoisotopic (exact) mass is 357 g/mol. The SMILES string of the molecule is CC1=C(c2c(O)ccc3ccccc23)N([C@@H](C)c2ccccc2)C(=O)CC1. The Morgan fingerprint density at radius 3 is 2.41 bits per heavy atom. The first-order valence-corrected chi connectivity index (χ1v) is 9.35. The zero-order valence-corrected chi connectivity index (χ0v) is 15.6. The Morgan fingerprint density at radius 2 is 1.63 bits per heavy atom. The van der Waals surface area contributed by atoms with E-state index in [9.17, 15) is 9.90 Å². The fourth-order valence-electron chi connectivity index (χ4n) is 4.00. The minimum atomic E-state index is -0.109. The number of carbonyl (C=O) groups excluding carboxylic acids is 1. The molecule has 0 spiro atoms. The topological polar surface area (TPSA) is 40.5 Å². The highest BCUT2D eigenvalue weighted by molar-refractivity contribution is 6.01. The lowest BCUT2D eigenvalue weighted by molar-refractivity contribution is -0.130. The number of allylic oxidation sites excluding steroid dienone is 1. The molecule has 3 aromatic rings. The van der Waals surface area contributed by atoms with Crippen molar-refractivity contribution in [2.45, 2.75) is 32.7 Å². The molecule has 0 fully saturated rings. The first-order valence-electron chi connectivity index (χ1n) is 9.35. The van der Waals surface area contributed by atoms with Gasteiger partial charge in [0.15, 0.2) is 0 Å². The lowest BCUT2D eigenvalue weighted by atomic mass is 9.91. The smallest absolute Gasteiger partial charge is 0.227 e. The molecule has 136 valence electrons. The fraction of sp³-hybridized carbons (Fsp3) is 0.208. The Hall–Kier alpha value is -3.07. The number of phenolic OH excluding ortho intramolecular Hbond substituents is 1. The summed E-state index contributed by atoms with van der Waals surface area (Å²) >= 11 is 0. The first kappa shape index (κ1) is 17.3. The third kappa shape index (κ3) is 2.99. The van der Waals surface area contributed by atoms with Crippen LogP contribution in [0, 0.1) is 0 Å². The Morgan fingerprint density at radius 1 is 0.926 bits per heavy atom. The highest BCUT2D eigenvalue weighted by Crippen LogP contribution is 2.43. The maximum Gasteiger partial charge on any atom is 0.227 e.